The van der Waals surface area contributed by atoms with Gasteiger partial charge in [-0.15, -0.1) is 0 Å². The normalized spacial score (nSPS) is 22.5. The van der Waals surface area contributed by atoms with Gasteiger partial charge < -0.3 is 15.4 Å². The molecule has 2 saturated carbocycles. The summed E-state index contributed by atoms with van der Waals surface area (Å²) in [6, 6.07) is 5.63. The molecule has 0 saturated heterocycles. The third-order valence-corrected chi connectivity index (χ3v) is 7.08. The lowest BCUT2D eigenvalue weighted by Crippen LogP contribution is -2.38. The molecule has 0 spiro atoms. The number of alkyl carbamates (subject to hydrolysis) is 1. The summed E-state index contributed by atoms with van der Waals surface area (Å²) in [6.45, 7) is 3.88. The highest BCUT2D eigenvalue weighted by Crippen LogP contribution is 2.39. The van der Waals surface area contributed by atoms with E-state index in [4.69, 9.17) is 9.72 Å². The number of imidazole rings is 1. The van der Waals surface area contributed by atoms with E-state index in [1.165, 1.54) is 0 Å². The number of halogens is 1. The van der Waals surface area contributed by atoms with Crippen molar-refractivity contribution in [1.29, 1.82) is 0 Å². The van der Waals surface area contributed by atoms with E-state index in [2.05, 4.69) is 30.8 Å². The van der Waals surface area contributed by atoms with Crippen molar-refractivity contribution in [2.45, 2.75) is 63.3 Å². The van der Waals surface area contributed by atoms with E-state index in [-0.39, 0.29) is 5.54 Å². The number of H-pyrrole nitrogens is 1. The molecule has 2 fully saturated rings. The van der Waals surface area contributed by atoms with E-state index in [0.29, 0.717) is 30.3 Å². The fourth-order valence-electron chi connectivity index (χ4n) is 4.83. The van der Waals surface area contributed by atoms with E-state index in [0.717, 1.165) is 35.3 Å². The Labute approximate surface area is 206 Å². The second-order valence-corrected chi connectivity index (χ2v) is 9.85. The van der Waals surface area contributed by atoms with E-state index in [9.17, 15) is 4.79 Å². The summed E-state index contributed by atoms with van der Waals surface area (Å²) in [6.07, 6.45) is 7.28. The van der Waals surface area contributed by atoms with Gasteiger partial charge in [0.2, 0.25) is 5.95 Å². The van der Waals surface area contributed by atoms with Gasteiger partial charge in [-0.1, -0.05) is 6.07 Å². The van der Waals surface area contributed by atoms with Gasteiger partial charge in [0.25, 0.3) is 0 Å². The number of ether oxygens (including phenoxy) is 1. The first-order valence-electron chi connectivity index (χ1n) is 12.1. The van der Waals surface area contributed by atoms with Crippen molar-refractivity contribution < 1.29 is 13.9 Å². The number of amides is 1. The summed E-state index contributed by atoms with van der Waals surface area (Å²) >= 11 is 0. The van der Waals surface area contributed by atoms with Crippen LogP contribution in [0.15, 0.2) is 43.0 Å². The molecular weight excluding hydrogens is 463 g/mol. The van der Waals surface area contributed by atoms with E-state index < -0.39 is 24.3 Å². The molecule has 0 aliphatic heterocycles. The molecule has 0 bridgehead atoms. The van der Waals surface area contributed by atoms with Gasteiger partial charge in [0.05, 0.1) is 5.69 Å². The summed E-state index contributed by atoms with van der Waals surface area (Å²) in [5.41, 5.74) is 3.81. The molecule has 186 valence electrons. The summed E-state index contributed by atoms with van der Waals surface area (Å²) in [7, 11) is 0. The minimum atomic E-state index is -1.31. The molecule has 36 heavy (non-hydrogen) atoms. The zero-order valence-electron chi connectivity index (χ0n) is 20.0. The van der Waals surface area contributed by atoms with Gasteiger partial charge in [0.15, 0.2) is 5.82 Å². The van der Waals surface area contributed by atoms with Gasteiger partial charge >= 0.3 is 6.09 Å². The number of aryl methyl sites for hydroxylation is 1. The Balaban J connectivity index is 1.18. The predicted molar refractivity (Wildman–Crippen MR) is 131 cm³/mol. The first kappa shape index (κ1) is 22.4. The van der Waals surface area contributed by atoms with Crippen molar-refractivity contribution in [2.24, 2.45) is 0 Å². The maximum atomic E-state index is 15.2. The van der Waals surface area contributed by atoms with Crippen molar-refractivity contribution in [3.63, 3.8) is 0 Å². The number of anilines is 2. The number of aromatic nitrogens is 6. The fourth-order valence-corrected chi connectivity index (χ4v) is 4.83. The molecule has 3 N–H and O–H groups in total. The summed E-state index contributed by atoms with van der Waals surface area (Å²) < 4.78 is 22.4. The van der Waals surface area contributed by atoms with Crippen LogP contribution < -0.4 is 10.6 Å². The number of carbonyl (C=O) groups excluding carboxylic acids is 1. The highest BCUT2D eigenvalue weighted by atomic mass is 19.1. The maximum absolute atomic E-state index is 15.2. The zero-order chi connectivity index (χ0) is 24.9. The Bertz CT molecular complexity index is 1410. The largest absolute Gasteiger partial charge is 0.443 e. The fraction of sp³-hybridized carbons (Fsp3) is 0.400. The van der Waals surface area contributed by atoms with Crippen LogP contribution in [0, 0.1) is 6.92 Å². The second kappa shape index (κ2) is 8.58. The van der Waals surface area contributed by atoms with Crippen LogP contribution in [0.3, 0.4) is 0 Å². The number of alkyl halides is 1. The average Bonchev–Trinajstić information content (AvgIpc) is 3.23. The van der Waals surface area contributed by atoms with Crippen LogP contribution in [0.1, 0.15) is 49.9 Å². The number of nitrogens with zero attached hydrogens (tertiary/aromatic N) is 5. The van der Waals surface area contributed by atoms with Crippen molar-refractivity contribution in [3.8, 4) is 11.1 Å². The number of aromatic amines is 1. The highest BCUT2D eigenvalue weighted by molar-refractivity contribution is 5.80. The number of hydrogen-bond donors (Lipinski definition) is 3. The quantitative estimate of drug-likeness (QED) is 0.365. The molecular formula is C25H27FN8O2. The molecule has 0 radical (unpaired) electrons. The Morgan fingerprint density at radius 3 is 2.94 bits per heavy atom. The molecule has 10 nitrogen and oxygen atoms in total. The average molecular weight is 491 g/mol. The maximum Gasteiger partial charge on any atom is 0.407 e. The molecule has 6 rings (SSSR count). The Kier molecular flexibility index (Phi) is 5.35. The SMILES string of the molecule is Cc1nc(Nc2cc([C@H]3CC[C@@H](OC(=O)NC4(C)CC4)[C@@H]3F)[nH]n2)n2ccnc2c1-c1cccnc1. The van der Waals surface area contributed by atoms with Crippen LogP contribution in [0.25, 0.3) is 16.8 Å². The minimum Gasteiger partial charge on any atom is -0.443 e. The van der Waals surface area contributed by atoms with Crippen molar-refractivity contribution in [1.82, 2.24) is 34.9 Å². The van der Waals surface area contributed by atoms with Crippen molar-refractivity contribution in [2.75, 3.05) is 5.32 Å². The molecule has 1 amide bonds. The van der Waals surface area contributed by atoms with Crippen LogP contribution in [-0.4, -0.2) is 53.5 Å². The van der Waals surface area contributed by atoms with Crippen molar-refractivity contribution >= 4 is 23.5 Å². The van der Waals surface area contributed by atoms with Gasteiger partial charge in [-0.05, 0) is 45.6 Å². The predicted octanol–water partition coefficient (Wildman–Crippen LogP) is 4.43. The minimum absolute atomic E-state index is 0.200. The molecule has 2 aliphatic carbocycles. The first-order chi connectivity index (χ1) is 17.4. The Morgan fingerprint density at radius 2 is 2.17 bits per heavy atom. The first-order valence-corrected chi connectivity index (χ1v) is 12.1. The summed E-state index contributed by atoms with van der Waals surface area (Å²) in [4.78, 5) is 25.6. The van der Waals surface area contributed by atoms with E-state index in [1.807, 2.05) is 36.6 Å². The molecule has 2 aliphatic rings. The topological polar surface area (TPSA) is 122 Å². The highest BCUT2D eigenvalue weighted by Gasteiger charge is 2.43. The van der Waals surface area contributed by atoms with E-state index in [1.54, 1.807) is 24.7 Å². The standard InChI is InChI=1S/C25H27FN8O2/c1-14-20(15-4-3-9-27-13-15)22-28-10-11-34(22)23(29-14)30-19-12-17(32-33-19)16-5-6-18(21(16)26)36-24(35)31-25(2)7-8-25/h3-4,9-13,16,18,21H,5-8H2,1-2H3,(H,31,35)(H2,29,30,32,33)/t16-,18-,21-/m1/s1. The number of fused-ring (bicyclic) bond motifs is 1. The summed E-state index contributed by atoms with van der Waals surface area (Å²) in [5.74, 6) is 0.621. The van der Waals surface area contributed by atoms with Gasteiger partial charge in [-0.3, -0.25) is 14.5 Å². The zero-order valence-corrected chi connectivity index (χ0v) is 20.0. The number of nitrogens with one attached hydrogen (secondary N) is 3. The number of pyridine rings is 1. The van der Waals surface area contributed by atoms with Crippen LogP contribution in [-0.2, 0) is 4.74 Å². The van der Waals surface area contributed by atoms with Gasteiger partial charge in [0, 0.05) is 59.1 Å². The molecule has 4 heterocycles. The molecule has 0 aromatic carbocycles. The third-order valence-electron chi connectivity index (χ3n) is 7.08. The van der Waals surface area contributed by atoms with Gasteiger partial charge in [-0.25, -0.2) is 19.2 Å². The lowest BCUT2D eigenvalue weighted by molar-refractivity contribution is 0.0546. The van der Waals surface area contributed by atoms with Crippen molar-refractivity contribution in [3.05, 3.63) is 54.4 Å². The number of rotatable bonds is 6. The van der Waals surface area contributed by atoms with E-state index >= 15 is 4.39 Å². The Morgan fingerprint density at radius 1 is 1.31 bits per heavy atom. The monoisotopic (exact) mass is 490 g/mol. The second-order valence-electron chi connectivity index (χ2n) is 9.85. The van der Waals surface area contributed by atoms with Crippen LogP contribution >= 0.6 is 0 Å². The molecule has 3 atom stereocenters. The van der Waals surface area contributed by atoms with Gasteiger partial charge in [-0.2, -0.15) is 5.10 Å². The number of carbonyl (C=O) groups is 1. The lowest BCUT2D eigenvalue weighted by atomic mass is 10.0. The van der Waals surface area contributed by atoms with Gasteiger partial charge in [0.1, 0.15) is 17.9 Å². The molecule has 11 heteroatoms. The Hall–Kier alpha value is -4.02. The molecule has 0 unspecified atom stereocenters. The molecule has 4 aromatic rings. The lowest BCUT2D eigenvalue weighted by Gasteiger charge is -2.19. The third kappa shape index (κ3) is 4.14. The van der Waals surface area contributed by atoms with Crippen LogP contribution in [0.4, 0.5) is 21.0 Å². The van der Waals surface area contributed by atoms with Crippen LogP contribution in [0.2, 0.25) is 0 Å². The smallest absolute Gasteiger partial charge is 0.407 e. The summed E-state index contributed by atoms with van der Waals surface area (Å²) in [5, 5.41) is 13.3. The molecule has 4 aromatic heterocycles. The number of hydrogen-bond acceptors (Lipinski definition) is 7. The van der Waals surface area contributed by atoms with Crippen LogP contribution in [0.5, 0.6) is 0 Å².